The van der Waals surface area contributed by atoms with E-state index in [1.807, 2.05) is 43.5 Å². The van der Waals surface area contributed by atoms with Gasteiger partial charge in [0.1, 0.15) is 16.3 Å². The quantitative estimate of drug-likeness (QED) is 0.853. The fraction of sp³-hybridized carbons (Fsp3) is 0.312. The van der Waals surface area contributed by atoms with Crippen molar-refractivity contribution in [1.29, 1.82) is 0 Å². The first-order chi connectivity index (χ1) is 10.0. The van der Waals surface area contributed by atoms with Crippen molar-refractivity contribution in [3.8, 4) is 16.9 Å². The van der Waals surface area contributed by atoms with Crippen LogP contribution in [0.15, 0.2) is 29.6 Å². The summed E-state index contributed by atoms with van der Waals surface area (Å²) < 4.78 is 10.5. The van der Waals surface area contributed by atoms with Gasteiger partial charge in [0.25, 0.3) is 0 Å². The molecule has 0 aliphatic carbocycles. The van der Waals surface area contributed by atoms with Crippen LogP contribution in [0.5, 0.6) is 5.75 Å². The number of hydrogen-bond acceptors (Lipinski definition) is 5. The Morgan fingerprint density at radius 3 is 2.81 bits per heavy atom. The van der Waals surface area contributed by atoms with Crippen molar-refractivity contribution < 1.29 is 14.3 Å². The third-order valence-electron chi connectivity index (χ3n) is 2.95. The minimum absolute atomic E-state index is 0.286. The van der Waals surface area contributed by atoms with Gasteiger partial charge < -0.3 is 15.2 Å². The topological polar surface area (TPSA) is 61.5 Å². The van der Waals surface area contributed by atoms with E-state index in [1.54, 1.807) is 7.11 Å². The minimum Gasteiger partial charge on any atom is -0.497 e. The molecule has 0 atom stereocenters. The first kappa shape index (κ1) is 15.4. The Kier molecular flexibility index (Phi) is 4.85. The van der Waals surface area contributed by atoms with Gasteiger partial charge in [-0.2, -0.15) is 0 Å². The van der Waals surface area contributed by atoms with Gasteiger partial charge in [-0.15, -0.1) is 11.3 Å². The maximum absolute atomic E-state index is 12.3. The molecular weight excluding hydrogens is 286 g/mol. The molecule has 4 nitrogen and oxygen atoms in total. The second-order valence-electron chi connectivity index (χ2n) is 5.11. The SMILES string of the molecule is COc1cccc(-c2csc(N)c2C(=O)OCC(C)C)c1. The van der Waals surface area contributed by atoms with Crippen LogP contribution in [0.1, 0.15) is 24.2 Å². The van der Waals surface area contributed by atoms with Crippen LogP contribution < -0.4 is 10.5 Å². The molecule has 0 amide bonds. The number of ether oxygens (including phenoxy) is 2. The maximum Gasteiger partial charge on any atom is 0.341 e. The van der Waals surface area contributed by atoms with Crippen LogP contribution in [0.3, 0.4) is 0 Å². The highest BCUT2D eigenvalue weighted by Crippen LogP contribution is 2.35. The van der Waals surface area contributed by atoms with E-state index in [9.17, 15) is 4.79 Å². The number of thiophene rings is 1. The number of carbonyl (C=O) groups excluding carboxylic acids is 1. The molecule has 112 valence electrons. The number of anilines is 1. The van der Waals surface area contributed by atoms with E-state index >= 15 is 0 Å². The van der Waals surface area contributed by atoms with Crippen LogP contribution in [0.2, 0.25) is 0 Å². The predicted octanol–water partition coefficient (Wildman–Crippen LogP) is 3.82. The Hall–Kier alpha value is -2.01. The van der Waals surface area contributed by atoms with Crippen LogP contribution in [0.25, 0.3) is 11.1 Å². The Bertz CT molecular complexity index is 634. The van der Waals surface area contributed by atoms with Crippen LogP contribution in [0, 0.1) is 5.92 Å². The van der Waals surface area contributed by atoms with Gasteiger partial charge in [-0.3, -0.25) is 0 Å². The van der Waals surface area contributed by atoms with E-state index in [1.165, 1.54) is 11.3 Å². The van der Waals surface area contributed by atoms with Crippen molar-refractivity contribution in [1.82, 2.24) is 0 Å². The van der Waals surface area contributed by atoms with E-state index in [0.29, 0.717) is 17.2 Å². The van der Waals surface area contributed by atoms with E-state index < -0.39 is 0 Å². The van der Waals surface area contributed by atoms with E-state index in [2.05, 4.69) is 0 Å². The molecule has 1 aromatic carbocycles. The number of carbonyl (C=O) groups is 1. The smallest absolute Gasteiger partial charge is 0.341 e. The number of nitrogens with two attached hydrogens (primary N) is 1. The van der Waals surface area contributed by atoms with Crippen molar-refractivity contribution >= 4 is 22.3 Å². The van der Waals surface area contributed by atoms with Crippen LogP contribution in [0.4, 0.5) is 5.00 Å². The van der Waals surface area contributed by atoms with Gasteiger partial charge in [-0.25, -0.2) is 4.79 Å². The van der Waals surface area contributed by atoms with E-state index in [-0.39, 0.29) is 11.9 Å². The molecule has 1 aromatic heterocycles. The Morgan fingerprint density at radius 2 is 2.14 bits per heavy atom. The van der Waals surface area contributed by atoms with Gasteiger partial charge in [0, 0.05) is 10.9 Å². The fourth-order valence-corrected chi connectivity index (χ4v) is 2.71. The van der Waals surface area contributed by atoms with E-state index in [0.717, 1.165) is 16.9 Å². The van der Waals surface area contributed by atoms with Gasteiger partial charge in [0.15, 0.2) is 0 Å². The highest BCUT2D eigenvalue weighted by Gasteiger charge is 2.20. The molecule has 0 aliphatic rings. The summed E-state index contributed by atoms with van der Waals surface area (Å²) in [5.41, 5.74) is 8.05. The molecule has 0 saturated heterocycles. The van der Waals surface area contributed by atoms with Crippen LogP contribution in [-0.2, 0) is 4.74 Å². The third-order valence-corrected chi connectivity index (χ3v) is 3.76. The molecule has 5 heteroatoms. The average molecular weight is 305 g/mol. The molecule has 0 spiro atoms. The molecule has 2 rings (SSSR count). The second kappa shape index (κ2) is 6.63. The summed E-state index contributed by atoms with van der Waals surface area (Å²) in [4.78, 5) is 12.3. The van der Waals surface area contributed by atoms with Gasteiger partial charge in [0.2, 0.25) is 0 Å². The summed E-state index contributed by atoms with van der Waals surface area (Å²) in [6, 6.07) is 7.53. The van der Waals surface area contributed by atoms with Crippen molar-refractivity contribution in [2.24, 2.45) is 5.92 Å². The highest BCUT2D eigenvalue weighted by atomic mass is 32.1. The molecule has 2 aromatic rings. The van der Waals surface area contributed by atoms with E-state index in [4.69, 9.17) is 15.2 Å². The number of nitrogen functional groups attached to an aromatic ring is 1. The molecule has 0 radical (unpaired) electrons. The number of methoxy groups -OCH3 is 1. The summed E-state index contributed by atoms with van der Waals surface area (Å²) in [6.45, 7) is 4.37. The summed E-state index contributed by atoms with van der Waals surface area (Å²) in [7, 11) is 1.61. The fourth-order valence-electron chi connectivity index (χ4n) is 1.90. The lowest BCUT2D eigenvalue weighted by atomic mass is 10.0. The Morgan fingerprint density at radius 1 is 1.38 bits per heavy atom. The van der Waals surface area contributed by atoms with Crippen LogP contribution >= 0.6 is 11.3 Å². The molecular formula is C16H19NO3S. The summed E-state index contributed by atoms with van der Waals surface area (Å²) in [5, 5.41) is 2.34. The zero-order valence-corrected chi connectivity index (χ0v) is 13.2. The van der Waals surface area contributed by atoms with Gasteiger partial charge in [0.05, 0.1) is 13.7 Å². The largest absolute Gasteiger partial charge is 0.497 e. The molecule has 0 saturated carbocycles. The Labute approximate surface area is 128 Å². The maximum atomic E-state index is 12.3. The number of rotatable bonds is 5. The monoisotopic (exact) mass is 305 g/mol. The normalized spacial score (nSPS) is 10.7. The third kappa shape index (κ3) is 3.55. The van der Waals surface area contributed by atoms with Gasteiger partial charge >= 0.3 is 5.97 Å². The molecule has 0 bridgehead atoms. The lowest BCUT2D eigenvalue weighted by molar-refractivity contribution is 0.0461. The standard InChI is InChI=1S/C16H19NO3S/c1-10(2)8-20-16(18)14-13(9-21-15(14)17)11-5-4-6-12(7-11)19-3/h4-7,9-10H,8,17H2,1-3H3. The van der Waals surface area contributed by atoms with Gasteiger partial charge in [-0.1, -0.05) is 26.0 Å². The minimum atomic E-state index is -0.375. The number of esters is 1. The van der Waals surface area contributed by atoms with Crippen molar-refractivity contribution in [3.05, 3.63) is 35.2 Å². The van der Waals surface area contributed by atoms with Crippen LogP contribution in [-0.4, -0.2) is 19.7 Å². The summed E-state index contributed by atoms with van der Waals surface area (Å²) >= 11 is 1.34. The molecule has 0 unspecified atom stereocenters. The van der Waals surface area contributed by atoms with Crippen molar-refractivity contribution in [2.45, 2.75) is 13.8 Å². The van der Waals surface area contributed by atoms with Crippen molar-refractivity contribution in [3.63, 3.8) is 0 Å². The highest BCUT2D eigenvalue weighted by molar-refractivity contribution is 7.14. The lowest BCUT2D eigenvalue weighted by Crippen LogP contribution is -2.11. The number of benzene rings is 1. The molecule has 0 aliphatic heterocycles. The summed E-state index contributed by atoms with van der Waals surface area (Å²) in [5.74, 6) is 0.646. The molecule has 21 heavy (non-hydrogen) atoms. The zero-order valence-electron chi connectivity index (χ0n) is 12.4. The average Bonchev–Trinajstić information content (AvgIpc) is 2.86. The molecule has 0 fully saturated rings. The van der Waals surface area contributed by atoms with Crippen molar-refractivity contribution in [2.75, 3.05) is 19.5 Å². The molecule has 2 N–H and O–H groups in total. The molecule has 1 heterocycles. The van der Waals surface area contributed by atoms with Gasteiger partial charge in [-0.05, 0) is 23.6 Å². The first-order valence-corrected chi connectivity index (χ1v) is 7.59. The summed E-state index contributed by atoms with van der Waals surface area (Å²) in [6.07, 6.45) is 0. The Balaban J connectivity index is 2.35. The number of hydrogen-bond donors (Lipinski definition) is 1. The second-order valence-corrected chi connectivity index (χ2v) is 6.02. The lowest BCUT2D eigenvalue weighted by Gasteiger charge is -2.09. The first-order valence-electron chi connectivity index (χ1n) is 6.71. The predicted molar refractivity (Wildman–Crippen MR) is 85.8 cm³/mol. The zero-order chi connectivity index (χ0) is 15.4.